The van der Waals surface area contributed by atoms with E-state index in [0.717, 1.165) is 0 Å². The summed E-state index contributed by atoms with van der Waals surface area (Å²) in [4.78, 5) is 33.6. The smallest absolute Gasteiger partial charge is 0.326 e. The maximum absolute atomic E-state index is 11.9. The lowest BCUT2D eigenvalue weighted by atomic mass is 10.1. The minimum absolute atomic E-state index is 0.253. The third-order valence-electron chi connectivity index (χ3n) is 2.52. The van der Waals surface area contributed by atoms with E-state index in [4.69, 9.17) is 22.4 Å². The fourth-order valence-corrected chi connectivity index (χ4v) is 1.67. The van der Waals surface area contributed by atoms with Crippen molar-refractivity contribution < 1.29 is 19.5 Å². The number of hydrogen-bond acceptors (Lipinski definition) is 3. The van der Waals surface area contributed by atoms with Crippen molar-refractivity contribution in [3.05, 3.63) is 34.3 Å². The Bertz CT molecular complexity index is 530. The molecule has 0 unspecified atom stereocenters. The first-order valence-electron chi connectivity index (χ1n) is 5.40. The van der Waals surface area contributed by atoms with Gasteiger partial charge in [0.15, 0.2) is 0 Å². The molecule has 102 valence electrons. The van der Waals surface area contributed by atoms with E-state index in [1.165, 1.54) is 6.07 Å². The Hall–Kier alpha value is -2.08. The topological polar surface area (TPSA) is 109 Å². The quantitative estimate of drug-likeness (QED) is 0.739. The van der Waals surface area contributed by atoms with Crippen LogP contribution in [0.1, 0.15) is 22.3 Å². The second-order valence-corrected chi connectivity index (χ2v) is 4.35. The molecule has 0 spiro atoms. The molecule has 0 heterocycles. The molecule has 0 aliphatic carbocycles. The first-order valence-corrected chi connectivity index (χ1v) is 5.77. The molecule has 1 atom stereocenters. The number of carbonyl (C=O) groups is 3. The van der Waals surface area contributed by atoms with Gasteiger partial charge < -0.3 is 16.2 Å². The first-order chi connectivity index (χ1) is 8.82. The van der Waals surface area contributed by atoms with Crippen molar-refractivity contribution in [2.24, 2.45) is 5.73 Å². The van der Waals surface area contributed by atoms with Gasteiger partial charge in [0.25, 0.3) is 5.91 Å². The van der Waals surface area contributed by atoms with Crippen LogP contribution in [0.2, 0.25) is 5.02 Å². The van der Waals surface area contributed by atoms with Crippen LogP contribution >= 0.6 is 11.6 Å². The summed E-state index contributed by atoms with van der Waals surface area (Å²) < 4.78 is 0. The zero-order valence-corrected chi connectivity index (χ0v) is 10.9. The summed E-state index contributed by atoms with van der Waals surface area (Å²) in [6, 6.07) is 3.35. The van der Waals surface area contributed by atoms with E-state index in [1.807, 2.05) is 0 Å². The third-order valence-corrected chi connectivity index (χ3v) is 2.93. The highest BCUT2D eigenvalue weighted by Gasteiger charge is 2.23. The van der Waals surface area contributed by atoms with Crippen LogP contribution in [-0.2, 0) is 9.59 Å². The van der Waals surface area contributed by atoms with E-state index < -0.39 is 30.2 Å². The summed E-state index contributed by atoms with van der Waals surface area (Å²) in [5, 5.41) is 11.5. The number of amides is 2. The fraction of sp³-hybridized carbons (Fsp3) is 0.250. The van der Waals surface area contributed by atoms with Gasteiger partial charge in [-0.25, -0.2) is 4.79 Å². The summed E-state index contributed by atoms with van der Waals surface area (Å²) in [5.41, 5.74) is 5.71. The Morgan fingerprint density at radius 2 is 2.05 bits per heavy atom. The Morgan fingerprint density at radius 1 is 1.42 bits per heavy atom. The first kappa shape index (κ1) is 15.0. The average Bonchev–Trinajstić information content (AvgIpc) is 2.31. The number of halogens is 1. The van der Waals surface area contributed by atoms with Crippen LogP contribution in [0.5, 0.6) is 0 Å². The van der Waals surface area contributed by atoms with Crippen LogP contribution in [-0.4, -0.2) is 28.9 Å². The number of carboxylic acids is 1. The monoisotopic (exact) mass is 284 g/mol. The lowest BCUT2D eigenvalue weighted by Crippen LogP contribution is -2.43. The molecule has 19 heavy (non-hydrogen) atoms. The number of rotatable bonds is 5. The Labute approximate surface area is 114 Å². The summed E-state index contributed by atoms with van der Waals surface area (Å²) >= 11 is 5.87. The predicted molar refractivity (Wildman–Crippen MR) is 68.9 cm³/mol. The Balaban J connectivity index is 2.91. The van der Waals surface area contributed by atoms with E-state index in [2.05, 4.69) is 5.32 Å². The van der Waals surface area contributed by atoms with Gasteiger partial charge >= 0.3 is 5.97 Å². The SMILES string of the molecule is Cc1c(Cl)cccc1C(=O)N[C@H](CC(N)=O)C(=O)O. The van der Waals surface area contributed by atoms with Crippen molar-refractivity contribution in [2.75, 3.05) is 0 Å². The molecule has 0 aromatic heterocycles. The van der Waals surface area contributed by atoms with Crippen molar-refractivity contribution in [1.82, 2.24) is 5.32 Å². The van der Waals surface area contributed by atoms with E-state index in [0.29, 0.717) is 10.6 Å². The standard InChI is InChI=1S/C12H13ClN2O4/c1-6-7(3-2-4-8(6)13)11(17)15-9(12(18)19)5-10(14)16/h2-4,9H,5H2,1H3,(H2,14,16)(H,15,17)(H,18,19)/t9-/m1/s1. The van der Waals surface area contributed by atoms with E-state index >= 15 is 0 Å². The molecule has 1 aromatic carbocycles. The summed E-state index contributed by atoms with van der Waals surface area (Å²) in [6.45, 7) is 1.64. The van der Waals surface area contributed by atoms with Crippen molar-refractivity contribution in [3.63, 3.8) is 0 Å². The Morgan fingerprint density at radius 3 is 2.58 bits per heavy atom. The molecular weight excluding hydrogens is 272 g/mol. The molecule has 2 amide bonds. The lowest BCUT2D eigenvalue weighted by Gasteiger charge is -2.14. The maximum Gasteiger partial charge on any atom is 0.326 e. The number of nitrogens with one attached hydrogen (secondary N) is 1. The van der Waals surface area contributed by atoms with Gasteiger partial charge in [-0.05, 0) is 24.6 Å². The van der Waals surface area contributed by atoms with Gasteiger partial charge in [0, 0.05) is 10.6 Å². The molecular formula is C12H13ClN2O4. The minimum Gasteiger partial charge on any atom is -0.480 e. The number of benzene rings is 1. The minimum atomic E-state index is -1.36. The molecule has 6 nitrogen and oxygen atoms in total. The van der Waals surface area contributed by atoms with Crippen LogP contribution in [0.15, 0.2) is 18.2 Å². The van der Waals surface area contributed by atoms with E-state index in [1.54, 1.807) is 19.1 Å². The molecule has 0 bridgehead atoms. The lowest BCUT2D eigenvalue weighted by molar-refractivity contribution is -0.140. The Kier molecular flexibility index (Phi) is 4.88. The molecule has 4 N–H and O–H groups in total. The van der Waals surface area contributed by atoms with Gasteiger partial charge in [0.05, 0.1) is 6.42 Å². The second-order valence-electron chi connectivity index (χ2n) is 3.95. The molecule has 0 aliphatic rings. The van der Waals surface area contributed by atoms with Crippen molar-refractivity contribution >= 4 is 29.4 Å². The highest BCUT2D eigenvalue weighted by Crippen LogP contribution is 2.18. The average molecular weight is 285 g/mol. The third kappa shape index (κ3) is 3.96. The van der Waals surface area contributed by atoms with Crippen LogP contribution in [0.3, 0.4) is 0 Å². The van der Waals surface area contributed by atoms with Crippen molar-refractivity contribution in [2.45, 2.75) is 19.4 Å². The molecule has 0 aliphatic heterocycles. The molecule has 0 saturated heterocycles. The molecule has 0 fully saturated rings. The second kappa shape index (κ2) is 6.19. The van der Waals surface area contributed by atoms with Gasteiger partial charge in [0.1, 0.15) is 6.04 Å². The van der Waals surface area contributed by atoms with Crippen LogP contribution < -0.4 is 11.1 Å². The van der Waals surface area contributed by atoms with Gasteiger partial charge in [-0.15, -0.1) is 0 Å². The van der Waals surface area contributed by atoms with Crippen molar-refractivity contribution in [1.29, 1.82) is 0 Å². The summed E-state index contributed by atoms with van der Waals surface area (Å²) in [5.74, 6) is -2.75. The molecule has 7 heteroatoms. The predicted octanol–water partition coefficient (Wildman–Crippen LogP) is 0.707. The van der Waals surface area contributed by atoms with Crippen molar-refractivity contribution in [3.8, 4) is 0 Å². The van der Waals surface area contributed by atoms with Gasteiger partial charge in [-0.3, -0.25) is 9.59 Å². The summed E-state index contributed by atoms with van der Waals surface area (Å²) in [7, 11) is 0. The van der Waals surface area contributed by atoms with Crippen LogP contribution in [0, 0.1) is 6.92 Å². The zero-order chi connectivity index (χ0) is 14.6. The normalized spacial score (nSPS) is 11.7. The molecule has 1 rings (SSSR count). The van der Waals surface area contributed by atoms with Crippen LogP contribution in [0.4, 0.5) is 0 Å². The number of primary amides is 1. The van der Waals surface area contributed by atoms with Gasteiger partial charge in [-0.1, -0.05) is 17.7 Å². The maximum atomic E-state index is 11.9. The number of hydrogen-bond donors (Lipinski definition) is 3. The van der Waals surface area contributed by atoms with Gasteiger partial charge in [-0.2, -0.15) is 0 Å². The van der Waals surface area contributed by atoms with E-state index in [9.17, 15) is 14.4 Å². The number of nitrogens with two attached hydrogens (primary N) is 1. The highest BCUT2D eigenvalue weighted by atomic mass is 35.5. The highest BCUT2D eigenvalue weighted by molar-refractivity contribution is 6.31. The molecule has 1 aromatic rings. The van der Waals surface area contributed by atoms with Crippen LogP contribution in [0.25, 0.3) is 0 Å². The number of carbonyl (C=O) groups excluding carboxylic acids is 2. The number of aliphatic carboxylic acids is 1. The molecule has 0 saturated carbocycles. The van der Waals surface area contributed by atoms with Gasteiger partial charge in [0.2, 0.25) is 5.91 Å². The zero-order valence-electron chi connectivity index (χ0n) is 10.1. The van der Waals surface area contributed by atoms with E-state index in [-0.39, 0.29) is 5.56 Å². The number of carboxylic acid groups (broad SMARTS) is 1. The fourth-order valence-electron chi connectivity index (χ4n) is 1.49. The summed E-state index contributed by atoms with van der Waals surface area (Å²) in [6.07, 6.45) is -0.472. The largest absolute Gasteiger partial charge is 0.480 e. The molecule has 0 radical (unpaired) electrons.